The van der Waals surface area contributed by atoms with Crippen molar-refractivity contribution in [2.45, 2.75) is 0 Å². The first-order valence-electron chi connectivity index (χ1n) is 6.30. The lowest BCUT2D eigenvalue weighted by Crippen LogP contribution is -2.32. The predicted octanol–water partition coefficient (Wildman–Crippen LogP) is 3.30. The van der Waals surface area contributed by atoms with Crippen LogP contribution in [0.4, 0.5) is 0 Å². The monoisotopic (exact) mass is 285 g/mol. The van der Waals surface area contributed by atoms with Crippen LogP contribution in [-0.4, -0.2) is 24.7 Å². The number of nitrogens with zero attached hydrogens (tertiary/aromatic N) is 2. The van der Waals surface area contributed by atoms with Gasteiger partial charge < -0.3 is 5.32 Å². The van der Waals surface area contributed by atoms with Gasteiger partial charge in [-0.1, -0.05) is 60.7 Å². The highest BCUT2D eigenvalue weighted by atomic mass is 35.5. The minimum atomic E-state index is 0.197. The Labute approximate surface area is 124 Å². The second-order valence-corrected chi connectivity index (χ2v) is 4.29. The zero-order valence-electron chi connectivity index (χ0n) is 11.3. The van der Waals surface area contributed by atoms with Crippen LogP contribution in [0.3, 0.4) is 0 Å². The van der Waals surface area contributed by atoms with Gasteiger partial charge in [-0.05, 0) is 0 Å². The Morgan fingerprint density at radius 3 is 1.85 bits per heavy atom. The number of hydrogen-bond donors (Lipinski definition) is 1. The van der Waals surface area contributed by atoms with Crippen LogP contribution in [0.25, 0.3) is 0 Å². The van der Waals surface area contributed by atoms with Crippen molar-refractivity contribution in [1.82, 2.24) is 5.32 Å². The molecule has 0 aliphatic carbocycles. The molecule has 0 amide bonds. The summed E-state index contributed by atoms with van der Waals surface area (Å²) in [5.41, 5.74) is 1.98. The summed E-state index contributed by atoms with van der Waals surface area (Å²) in [5.74, 6) is 1.48. The van der Waals surface area contributed by atoms with Crippen molar-refractivity contribution in [2.75, 3.05) is 13.1 Å². The van der Waals surface area contributed by atoms with E-state index in [9.17, 15) is 0 Å². The van der Waals surface area contributed by atoms with Gasteiger partial charge in [0, 0.05) is 18.2 Å². The van der Waals surface area contributed by atoms with Crippen molar-refractivity contribution in [3.63, 3.8) is 0 Å². The molecular formula is C16H16ClN3. The first-order valence-corrected chi connectivity index (χ1v) is 6.83. The van der Waals surface area contributed by atoms with Crippen molar-refractivity contribution < 1.29 is 0 Å². The Kier molecular flexibility index (Phi) is 5.33. The fourth-order valence-electron chi connectivity index (χ4n) is 1.82. The van der Waals surface area contributed by atoms with E-state index in [4.69, 9.17) is 11.6 Å². The van der Waals surface area contributed by atoms with Crippen molar-refractivity contribution in [3.05, 3.63) is 71.8 Å². The summed E-state index contributed by atoms with van der Waals surface area (Å²) in [5, 5.41) is 3.25. The molecule has 0 heterocycles. The molecule has 0 aromatic heterocycles. The van der Waals surface area contributed by atoms with Gasteiger partial charge >= 0.3 is 0 Å². The van der Waals surface area contributed by atoms with E-state index >= 15 is 0 Å². The van der Waals surface area contributed by atoms with Gasteiger partial charge in [0.25, 0.3) is 0 Å². The van der Waals surface area contributed by atoms with Crippen molar-refractivity contribution in [3.8, 4) is 0 Å². The van der Waals surface area contributed by atoms with Gasteiger partial charge in [0.15, 0.2) is 0 Å². The average Bonchev–Trinajstić information content (AvgIpc) is 2.53. The van der Waals surface area contributed by atoms with E-state index in [1.54, 1.807) is 7.05 Å². The van der Waals surface area contributed by atoms with Gasteiger partial charge in [-0.2, -0.15) is 0 Å². The second-order valence-electron chi connectivity index (χ2n) is 4.06. The Bertz CT molecular complexity index is 592. The van der Waals surface area contributed by atoms with Gasteiger partial charge in [0.1, 0.15) is 17.7 Å². The normalized spacial score (nSPS) is 12.3. The summed E-state index contributed by atoms with van der Waals surface area (Å²) >= 11 is 5.75. The third-order valence-electron chi connectivity index (χ3n) is 2.77. The molecule has 0 saturated carbocycles. The molecule has 4 heteroatoms. The van der Waals surface area contributed by atoms with Gasteiger partial charge in [0.05, 0.1) is 0 Å². The molecule has 102 valence electrons. The third-order valence-corrected chi connectivity index (χ3v) is 2.89. The summed E-state index contributed by atoms with van der Waals surface area (Å²) in [6.07, 6.45) is 0. The highest BCUT2D eigenvalue weighted by Gasteiger charge is 2.07. The average molecular weight is 286 g/mol. The van der Waals surface area contributed by atoms with Gasteiger partial charge in [-0.3, -0.25) is 9.98 Å². The van der Waals surface area contributed by atoms with Gasteiger partial charge in [-0.15, -0.1) is 11.6 Å². The maximum atomic E-state index is 5.75. The van der Waals surface area contributed by atoms with E-state index in [1.807, 2.05) is 60.7 Å². The molecule has 0 aliphatic rings. The van der Waals surface area contributed by atoms with Crippen LogP contribution < -0.4 is 5.32 Å². The molecule has 0 spiro atoms. The molecule has 20 heavy (non-hydrogen) atoms. The lowest BCUT2D eigenvalue weighted by Gasteiger charge is -2.12. The van der Waals surface area contributed by atoms with E-state index < -0.39 is 0 Å². The Balaban J connectivity index is 2.27. The minimum Gasteiger partial charge on any atom is -0.325 e. The first kappa shape index (κ1) is 14.3. The van der Waals surface area contributed by atoms with Crippen LogP contribution in [0.15, 0.2) is 70.6 Å². The van der Waals surface area contributed by atoms with E-state index in [0.29, 0.717) is 5.84 Å². The quantitative estimate of drug-likeness (QED) is 0.399. The number of rotatable bonds is 3. The topological polar surface area (TPSA) is 36.8 Å². The van der Waals surface area contributed by atoms with Crippen LogP contribution in [0.1, 0.15) is 11.1 Å². The smallest absolute Gasteiger partial charge is 0.135 e. The standard InChI is InChI=1S/C16H16ClN3/c1-18-15(13-8-4-2-5-9-13)20-16(19-12-17)14-10-6-3-7-11-14/h2-11H,12H2,1H3,(H,18,19,20). The van der Waals surface area contributed by atoms with Crippen molar-refractivity contribution in [1.29, 1.82) is 0 Å². The lowest BCUT2D eigenvalue weighted by molar-refractivity contribution is 1.22. The molecule has 0 unspecified atom stereocenters. The molecular weight excluding hydrogens is 270 g/mol. The molecule has 0 radical (unpaired) electrons. The fraction of sp³-hybridized carbons (Fsp3) is 0.125. The van der Waals surface area contributed by atoms with E-state index in [-0.39, 0.29) is 6.00 Å². The van der Waals surface area contributed by atoms with Gasteiger partial charge in [-0.25, -0.2) is 0 Å². The van der Waals surface area contributed by atoms with Crippen LogP contribution in [-0.2, 0) is 0 Å². The summed E-state index contributed by atoms with van der Waals surface area (Å²) in [4.78, 5) is 8.59. The van der Waals surface area contributed by atoms with E-state index in [1.165, 1.54) is 0 Å². The van der Waals surface area contributed by atoms with Crippen LogP contribution >= 0.6 is 11.6 Å². The predicted molar refractivity (Wildman–Crippen MR) is 85.7 cm³/mol. The molecule has 0 saturated heterocycles. The maximum Gasteiger partial charge on any atom is 0.135 e. The molecule has 0 bridgehead atoms. The summed E-state index contributed by atoms with van der Waals surface area (Å²) in [6, 6.07) is 20.0. The van der Waals surface area contributed by atoms with Crippen LogP contribution in [0, 0.1) is 0 Å². The number of halogens is 1. The summed E-state index contributed by atoms with van der Waals surface area (Å²) < 4.78 is 0. The SMILES string of the molecule is CN=C(NC(=NCCl)c1ccccc1)c1ccccc1. The third kappa shape index (κ3) is 3.68. The first-order chi connectivity index (χ1) is 9.85. The van der Waals surface area contributed by atoms with E-state index in [0.717, 1.165) is 17.0 Å². The molecule has 3 nitrogen and oxygen atoms in total. The summed E-state index contributed by atoms with van der Waals surface area (Å²) in [7, 11) is 1.75. The molecule has 0 aliphatic heterocycles. The maximum absolute atomic E-state index is 5.75. The molecule has 0 atom stereocenters. The highest BCUT2D eigenvalue weighted by Crippen LogP contribution is 2.04. The Morgan fingerprint density at radius 1 is 0.900 bits per heavy atom. The van der Waals surface area contributed by atoms with Crippen molar-refractivity contribution in [2.24, 2.45) is 9.98 Å². The number of aliphatic imine (C=N–C) groups is 2. The second kappa shape index (κ2) is 7.46. The fourth-order valence-corrected chi connectivity index (χ4v) is 1.94. The van der Waals surface area contributed by atoms with Crippen LogP contribution in [0.2, 0.25) is 0 Å². The minimum absolute atomic E-state index is 0.197. The number of amidine groups is 2. The lowest BCUT2D eigenvalue weighted by atomic mass is 10.1. The molecule has 1 N–H and O–H groups in total. The molecule has 2 rings (SSSR count). The molecule has 2 aromatic rings. The zero-order valence-corrected chi connectivity index (χ0v) is 12.0. The number of nitrogens with one attached hydrogen (secondary N) is 1. The van der Waals surface area contributed by atoms with Crippen molar-refractivity contribution >= 4 is 23.3 Å². The number of alkyl halides is 1. The van der Waals surface area contributed by atoms with Crippen LogP contribution in [0.5, 0.6) is 0 Å². The summed E-state index contributed by atoms with van der Waals surface area (Å²) in [6.45, 7) is 0. The molecule has 2 aromatic carbocycles. The molecule has 0 fully saturated rings. The Morgan fingerprint density at radius 2 is 1.40 bits per heavy atom. The Hall–Kier alpha value is -2.13. The van der Waals surface area contributed by atoms with E-state index in [2.05, 4.69) is 15.3 Å². The highest BCUT2D eigenvalue weighted by molar-refractivity contribution is 6.20. The number of benzene rings is 2. The largest absolute Gasteiger partial charge is 0.325 e. The van der Waals surface area contributed by atoms with Gasteiger partial charge in [0.2, 0.25) is 0 Å². The number of hydrogen-bond acceptors (Lipinski definition) is 2. The zero-order chi connectivity index (χ0) is 14.2.